The Morgan fingerprint density at radius 1 is 1.45 bits per heavy atom. The Bertz CT molecular complexity index is 729. The summed E-state index contributed by atoms with van der Waals surface area (Å²) in [5.74, 6) is -0.109. The van der Waals surface area contributed by atoms with Gasteiger partial charge in [-0.3, -0.25) is 4.79 Å². The fraction of sp³-hybridized carbons (Fsp3) is 0.143. The maximum Gasteiger partial charge on any atom is 0.253 e. The van der Waals surface area contributed by atoms with Gasteiger partial charge in [-0.15, -0.1) is 0 Å². The first-order valence-electron chi connectivity index (χ1n) is 6.34. The van der Waals surface area contributed by atoms with Crippen molar-refractivity contribution in [1.82, 2.24) is 19.9 Å². The van der Waals surface area contributed by atoms with E-state index in [1.165, 1.54) is 0 Å². The van der Waals surface area contributed by atoms with Crippen molar-refractivity contribution in [1.29, 1.82) is 0 Å². The van der Waals surface area contributed by atoms with E-state index in [0.29, 0.717) is 24.3 Å². The van der Waals surface area contributed by atoms with E-state index in [9.17, 15) is 4.79 Å². The molecule has 3 aromatic rings. The van der Waals surface area contributed by atoms with E-state index in [4.69, 9.17) is 5.73 Å². The molecule has 4 N–H and O–H groups in total. The fourth-order valence-corrected chi connectivity index (χ4v) is 2.14. The summed E-state index contributed by atoms with van der Waals surface area (Å²) in [7, 11) is 0. The molecule has 0 saturated carbocycles. The fourth-order valence-electron chi connectivity index (χ4n) is 2.14. The number of anilines is 1. The van der Waals surface area contributed by atoms with Crippen molar-refractivity contribution in [3.05, 3.63) is 48.7 Å². The number of hydrogen-bond acceptors (Lipinski definition) is 3. The average Bonchev–Trinajstić information content (AvgIpc) is 3.07. The predicted molar refractivity (Wildman–Crippen MR) is 77.3 cm³/mol. The molecule has 0 radical (unpaired) electrons. The van der Waals surface area contributed by atoms with Crippen LogP contribution in [0.5, 0.6) is 0 Å². The highest BCUT2D eigenvalue weighted by Crippen LogP contribution is 2.20. The molecule has 0 atom stereocenters. The van der Waals surface area contributed by atoms with Crippen LogP contribution in [0.15, 0.2) is 43.1 Å². The number of H-pyrrole nitrogens is 1. The molecule has 2 aromatic heterocycles. The summed E-state index contributed by atoms with van der Waals surface area (Å²) in [5.41, 5.74) is 7.91. The van der Waals surface area contributed by atoms with E-state index >= 15 is 0 Å². The number of nitrogens with two attached hydrogens (primary N) is 1. The Kier molecular flexibility index (Phi) is 3.12. The maximum absolute atomic E-state index is 12.2. The highest BCUT2D eigenvalue weighted by Gasteiger charge is 2.11. The van der Waals surface area contributed by atoms with Crippen molar-refractivity contribution in [3.8, 4) is 0 Å². The molecular formula is C14H15N5O. The molecule has 0 bridgehead atoms. The number of nitrogens with one attached hydrogen (secondary N) is 2. The topological polar surface area (TPSA) is 88.7 Å². The summed E-state index contributed by atoms with van der Waals surface area (Å²) in [4.78, 5) is 19.2. The van der Waals surface area contributed by atoms with Crippen molar-refractivity contribution >= 4 is 22.5 Å². The molecule has 0 spiro atoms. The van der Waals surface area contributed by atoms with Gasteiger partial charge in [0.25, 0.3) is 5.91 Å². The zero-order valence-corrected chi connectivity index (χ0v) is 10.8. The van der Waals surface area contributed by atoms with Gasteiger partial charge in [0.1, 0.15) is 0 Å². The van der Waals surface area contributed by atoms with Crippen molar-refractivity contribution < 1.29 is 4.79 Å². The molecule has 0 aliphatic rings. The predicted octanol–water partition coefficient (Wildman–Crippen LogP) is 1.38. The number of aromatic amines is 1. The third-order valence-electron chi connectivity index (χ3n) is 3.17. The lowest BCUT2D eigenvalue weighted by Gasteiger charge is -2.05. The molecule has 3 rings (SSSR count). The van der Waals surface area contributed by atoms with Crippen LogP contribution in [0.1, 0.15) is 10.4 Å². The zero-order chi connectivity index (χ0) is 13.9. The van der Waals surface area contributed by atoms with Gasteiger partial charge in [0.05, 0.1) is 11.9 Å². The highest BCUT2D eigenvalue weighted by molar-refractivity contribution is 6.07. The third kappa shape index (κ3) is 2.35. The molecule has 2 heterocycles. The minimum Gasteiger partial charge on any atom is -0.399 e. The number of carbonyl (C=O) groups excluding carboxylic acids is 1. The molecule has 102 valence electrons. The van der Waals surface area contributed by atoms with Crippen molar-refractivity contribution in [2.45, 2.75) is 6.54 Å². The molecule has 0 aliphatic carbocycles. The van der Waals surface area contributed by atoms with Crippen LogP contribution in [0, 0.1) is 0 Å². The van der Waals surface area contributed by atoms with Crippen LogP contribution in [-0.4, -0.2) is 27.0 Å². The molecule has 0 saturated heterocycles. The first kappa shape index (κ1) is 12.3. The summed E-state index contributed by atoms with van der Waals surface area (Å²) in [6, 6.07) is 5.48. The van der Waals surface area contributed by atoms with Gasteiger partial charge in [-0.05, 0) is 18.2 Å². The number of nitrogen functional groups attached to an aromatic ring is 1. The number of benzene rings is 1. The van der Waals surface area contributed by atoms with Gasteiger partial charge in [0.2, 0.25) is 0 Å². The number of imidazole rings is 1. The summed E-state index contributed by atoms with van der Waals surface area (Å²) in [5, 5.41) is 3.72. The Hall–Kier alpha value is -2.76. The SMILES string of the molecule is Nc1ccc2[nH]cc(C(=O)NCCn3ccnc3)c2c1. The van der Waals surface area contributed by atoms with Crippen LogP contribution in [0.4, 0.5) is 5.69 Å². The Labute approximate surface area is 115 Å². The van der Waals surface area contributed by atoms with Crippen LogP contribution >= 0.6 is 0 Å². The molecular weight excluding hydrogens is 254 g/mol. The number of carbonyl (C=O) groups is 1. The molecule has 0 unspecified atom stereocenters. The van der Waals surface area contributed by atoms with E-state index < -0.39 is 0 Å². The lowest BCUT2D eigenvalue weighted by Crippen LogP contribution is -2.26. The van der Waals surface area contributed by atoms with Gasteiger partial charge in [-0.2, -0.15) is 0 Å². The second kappa shape index (κ2) is 5.08. The van der Waals surface area contributed by atoms with E-state index in [1.54, 1.807) is 30.9 Å². The number of aromatic nitrogens is 3. The smallest absolute Gasteiger partial charge is 0.253 e. The normalized spacial score (nSPS) is 10.8. The third-order valence-corrected chi connectivity index (χ3v) is 3.17. The number of nitrogens with zero attached hydrogens (tertiary/aromatic N) is 2. The lowest BCUT2D eigenvalue weighted by atomic mass is 10.1. The Balaban J connectivity index is 1.70. The van der Waals surface area contributed by atoms with Gasteiger partial charge >= 0.3 is 0 Å². The number of fused-ring (bicyclic) bond motifs is 1. The van der Waals surface area contributed by atoms with Gasteiger partial charge in [0, 0.05) is 48.3 Å². The van der Waals surface area contributed by atoms with E-state index in [1.807, 2.05) is 16.8 Å². The van der Waals surface area contributed by atoms with Gasteiger partial charge in [-0.25, -0.2) is 4.98 Å². The molecule has 1 aromatic carbocycles. The minimum absolute atomic E-state index is 0.109. The monoisotopic (exact) mass is 269 g/mol. The van der Waals surface area contributed by atoms with Crippen LogP contribution in [0.2, 0.25) is 0 Å². The summed E-state index contributed by atoms with van der Waals surface area (Å²) >= 11 is 0. The second-order valence-corrected chi connectivity index (χ2v) is 4.56. The van der Waals surface area contributed by atoms with Crippen molar-refractivity contribution in [3.63, 3.8) is 0 Å². The van der Waals surface area contributed by atoms with Crippen LogP contribution < -0.4 is 11.1 Å². The van der Waals surface area contributed by atoms with E-state index in [2.05, 4.69) is 15.3 Å². The number of hydrogen-bond donors (Lipinski definition) is 3. The van der Waals surface area contributed by atoms with Crippen LogP contribution in [-0.2, 0) is 6.54 Å². The van der Waals surface area contributed by atoms with Crippen LogP contribution in [0.3, 0.4) is 0 Å². The van der Waals surface area contributed by atoms with Crippen LogP contribution in [0.25, 0.3) is 10.9 Å². The summed E-state index contributed by atoms with van der Waals surface area (Å²) in [6.07, 6.45) is 7.00. The first-order chi connectivity index (χ1) is 9.74. The van der Waals surface area contributed by atoms with Crippen molar-refractivity contribution in [2.24, 2.45) is 0 Å². The van der Waals surface area contributed by atoms with E-state index in [-0.39, 0.29) is 5.91 Å². The van der Waals surface area contributed by atoms with Gasteiger partial charge < -0.3 is 20.6 Å². The lowest BCUT2D eigenvalue weighted by molar-refractivity contribution is 0.0954. The Morgan fingerprint density at radius 3 is 3.15 bits per heavy atom. The molecule has 20 heavy (non-hydrogen) atoms. The minimum atomic E-state index is -0.109. The maximum atomic E-state index is 12.2. The summed E-state index contributed by atoms with van der Waals surface area (Å²) < 4.78 is 1.91. The van der Waals surface area contributed by atoms with Gasteiger partial charge in [0.15, 0.2) is 0 Å². The van der Waals surface area contributed by atoms with Crippen molar-refractivity contribution in [2.75, 3.05) is 12.3 Å². The average molecular weight is 269 g/mol. The largest absolute Gasteiger partial charge is 0.399 e. The highest BCUT2D eigenvalue weighted by atomic mass is 16.1. The summed E-state index contributed by atoms with van der Waals surface area (Å²) in [6.45, 7) is 1.24. The quantitative estimate of drug-likeness (QED) is 0.625. The van der Waals surface area contributed by atoms with Gasteiger partial charge in [-0.1, -0.05) is 0 Å². The zero-order valence-electron chi connectivity index (χ0n) is 10.8. The molecule has 1 amide bonds. The standard InChI is InChI=1S/C14H15N5O/c15-10-1-2-13-11(7-10)12(8-18-13)14(20)17-4-6-19-5-3-16-9-19/h1-3,5,7-9,18H,4,6,15H2,(H,17,20). The number of rotatable bonds is 4. The van der Waals surface area contributed by atoms with E-state index in [0.717, 1.165) is 10.9 Å². The molecule has 6 heteroatoms. The second-order valence-electron chi connectivity index (χ2n) is 4.56. The molecule has 6 nitrogen and oxygen atoms in total. The molecule has 0 fully saturated rings. The number of amides is 1. The first-order valence-corrected chi connectivity index (χ1v) is 6.34. The molecule has 0 aliphatic heterocycles. The Morgan fingerprint density at radius 2 is 2.35 bits per heavy atom.